The number of fused-ring (bicyclic) bond motifs is 1. The van der Waals surface area contributed by atoms with E-state index < -0.39 is 0 Å². The van der Waals surface area contributed by atoms with E-state index in [1.54, 1.807) is 12.1 Å². The molecule has 2 heterocycles. The lowest BCUT2D eigenvalue weighted by Gasteiger charge is -2.17. The van der Waals surface area contributed by atoms with Gasteiger partial charge in [0.1, 0.15) is 17.5 Å². The molecule has 0 radical (unpaired) electrons. The summed E-state index contributed by atoms with van der Waals surface area (Å²) in [6.07, 6.45) is 6.56. The van der Waals surface area contributed by atoms with Crippen molar-refractivity contribution >= 4 is 46.4 Å². The van der Waals surface area contributed by atoms with E-state index in [-0.39, 0.29) is 0 Å². The number of H-pyrrole nitrogens is 1. The quantitative estimate of drug-likeness (QED) is 0.278. The molecule has 8 nitrogen and oxygen atoms in total. The number of aromatic nitrogens is 4. The zero-order chi connectivity index (χ0) is 19.1. The smallest absolute Gasteiger partial charge is 0.229 e. The Morgan fingerprint density at radius 2 is 2.15 bits per heavy atom. The van der Waals surface area contributed by atoms with Gasteiger partial charge in [0.2, 0.25) is 6.41 Å². The maximum absolute atomic E-state index is 11.6. The Labute approximate surface area is 162 Å². The number of benzene rings is 1. The van der Waals surface area contributed by atoms with Crippen LogP contribution in [0.4, 0.5) is 17.3 Å². The number of hydrogen-bond acceptors (Lipinski definition) is 6. The minimum Gasteiger partial charge on any atom is -0.339 e. The summed E-state index contributed by atoms with van der Waals surface area (Å²) in [5.41, 5.74) is 4.41. The van der Waals surface area contributed by atoms with Crippen LogP contribution in [0.1, 0.15) is 32.6 Å². The fraction of sp³-hybridized carbons (Fsp3) is 0.333. The van der Waals surface area contributed by atoms with Gasteiger partial charge in [0.15, 0.2) is 11.5 Å². The summed E-state index contributed by atoms with van der Waals surface area (Å²) < 4.78 is 0. The third-order valence-corrected chi connectivity index (χ3v) is 4.31. The number of carbonyl (C=O) groups is 1. The van der Waals surface area contributed by atoms with Gasteiger partial charge in [-0.3, -0.25) is 9.89 Å². The van der Waals surface area contributed by atoms with Crippen molar-refractivity contribution in [1.82, 2.24) is 25.6 Å². The average Bonchev–Trinajstić information content (AvgIpc) is 3.10. The van der Waals surface area contributed by atoms with Gasteiger partial charge in [-0.2, -0.15) is 5.10 Å². The molecule has 142 valence electrons. The second-order valence-electron chi connectivity index (χ2n) is 6.07. The van der Waals surface area contributed by atoms with E-state index in [2.05, 4.69) is 37.8 Å². The Kier molecular flexibility index (Phi) is 6.56. The van der Waals surface area contributed by atoms with Gasteiger partial charge in [-0.15, -0.1) is 0 Å². The molecule has 0 atom stereocenters. The Morgan fingerprint density at radius 1 is 1.26 bits per heavy atom. The van der Waals surface area contributed by atoms with E-state index in [0.29, 0.717) is 40.6 Å². The van der Waals surface area contributed by atoms with Gasteiger partial charge in [0, 0.05) is 17.3 Å². The highest BCUT2D eigenvalue weighted by Gasteiger charge is 2.18. The van der Waals surface area contributed by atoms with Gasteiger partial charge in [0.05, 0.1) is 0 Å². The number of halogens is 1. The van der Waals surface area contributed by atoms with Gasteiger partial charge >= 0.3 is 0 Å². The van der Waals surface area contributed by atoms with Crippen LogP contribution < -0.4 is 15.8 Å². The summed E-state index contributed by atoms with van der Waals surface area (Å²) in [6.45, 7) is 2.84. The number of anilines is 3. The molecule has 0 unspecified atom stereocenters. The fourth-order valence-electron chi connectivity index (χ4n) is 2.73. The predicted octanol–water partition coefficient (Wildman–Crippen LogP) is 3.80. The average molecular weight is 388 g/mol. The van der Waals surface area contributed by atoms with Crippen LogP contribution in [0, 0.1) is 0 Å². The van der Waals surface area contributed by atoms with Crippen molar-refractivity contribution in [2.75, 3.05) is 16.9 Å². The zero-order valence-corrected chi connectivity index (χ0v) is 15.8. The molecule has 3 rings (SSSR count). The zero-order valence-electron chi connectivity index (χ0n) is 15.1. The van der Waals surface area contributed by atoms with Crippen LogP contribution in [-0.2, 0) is 4.79 Å². The lowest BCUT2D eigenvalue weighted by molar-refractivity contribution is -0.108. The summed E-state index contributed by atoms with van der Waals surface area (Å²) in [6, 6.07) is 7.30. The van der Waals surface area contributed by atoms with Crippen LogP contribution in [0.3, 0.4) is 0 Å². The largest absolute Gasteiger partial charge is 0.339 e. The van der Waals surface area contributed by atoms with Crippen LogP contribution in [0.25, 0.3) is 11.0 Å². The Hall–Kier alpha value is -2.71. The minimum atomic E-state index is 0.417. The molecule has 27 heavy (non-hydrogen) atoms. The molecule has 0 saturated carbocycles. The second kappa shape index (κ2) is 9.29. The van der Waals surface area contributed by atoms with Crippen molar-refractivity contribution in [2.24, 2.45) is 0 Å². The first-order chi connectivity index (χ1) is 13.2. The van der Waals surface area contributed by atoms with E-state index in [9.17, 15) is 4.79 Å². The summed E-state index contributed by atoms with van der Waals surface area (Å²) >= 11 is 6.05. The van der Waals surface area contributed by atoms with Crippen molar-refractivity contribution in [3.8, 4) is 0 Å². The van der Waals surface area contributed by atoms with Crippen molar-refractivity contribution in [2.45, 2.75) is 32.6 Å². The van der Waals surface area contributed by atoms with Gasteiger partial charge < -0.3 is 5.32 Å². The molecule has 0 saturated heterocycles. The monoisotopic (exact) mass is 387 g/mol. The minimum absolute atomic E-state index is 0.417. The Morgan fingerprint density at radius 3 is 2.93 bits per heavy atom. The summed E-state index contributed by atoms with van der Waals surface area (Å²) in [5, 5.41) is 12.9. The number of carbonyl (C=O) groups excluding carboxylic acids is 1. The molecule has 0 aliphatic rings. The first-order valence-electron chi connectivity index (χ1n) is 8.92. The number of nitrogens with zero attached hydrogens (tertiary/aromatic N) is 4. The molecule has 0 bridgehead atoms. The SMILES string of the molecule is CCCCCCNN(C=O)c1n[nH]c2ncnc(Nc3cccc(Cl)c3)c12. The van der Waals surface area contributed by atoms with E-state index >= 15 is 0 Å². The lowest BCUT2D eigenvalue weighted by Crippen LogP contribution is -2.38. The maximum atomic E-state index is 11.6. The Balaban J connectivity index is 1.84. The van der Waals surface area contributed by atoms with Crippen LogP contribution >= 0.6 is 11.6 Å². The van der Waals surface area contributed by atoms with Crippen molar-refractivity contribution < 1.29 is 4.79 Å². The number of nitrogens with one attached hydrogen (secondary N) is 3. The number of aromatic amines is 1. The maximum Gasteiger partial charge on any atom is 0.229 e. The number of unbranched alkanes of at least 4 members (excludes halogenated alkanes) is 3. The fourth-order valence-corrected chi connectivity index (χ4v) is 2.92. The van der Waals surface area contributed by atoms with E-state index in [1.807, 2.05) is 12.1 Å². The molecule has 3 N–H and O–H groups in total. The topological polar surface area (TPSA) is 98.8 Å². The lowest BCUT2D eigenvalue weighted by atomic mass is 10.2. The third-order valence-electron chi connectivity index (χ3n) is 4.07. The molecule has 2 aromatic heterocycles. The standard InChI is InChI=1S/C18H22ClN7O/c1-2-3-4-5-9-22-26(12-27)18-15-16(20-11-21-17(15)24-25-18)23-14-8-6-7-13(19)10-14/h6-8,10-12,22H,2-5,9H2,1H3,(H2,20,21,23,24,25). The van der Waals surface area contributed by atoms with Crippen LogP contribution in [0.2, 0.25) is 5.02 Å². The molecule has 1 aromatic carbocycles. The van der Waals surface area contributed by atoms with Crippen molar-refractivity contribution in [3.05, 3.63) is 35.6 Å². The molecular weight excluding hydrogens is 366 g/mol. The van der Waals surface area contributed by atoms with Gasteiger partial charge in [-0.05, 0) is 24.6 Å². The van der Waals surface area contributed by atoms with Crippen molar-refractivity contribution in [3.63, 3.8) is 0 Å². The summed E-state index contributed by atoms with van der Waals surface area (Å²) in [5.74, 6) is 0.950. The Bertz CT molecular complexity index is 898. The van der Waals surface area contributed by atoms with E-state index in [1.165, 1.54) is 17.8 Å². The highest BCUT2D eigenvalue weighted by molar-refractivity contribution is 6.30. The van der Waals surface area contributed by atoms with Gasteiger partial charge in [-0.1, -0.05) is 43.9 Å². The summed E-state index contributed by atoms with van der Waals surface area (Å²) in [4.78, 5) is 20.1. The second-order valence-corrected chi connectivity index (χ2v) is 6.51. The van der Waals surface area contributed by atoms with Gasteiger partial charge in [0.25, 0.3) is 0 Å². The molecule has 0 aliphatic carbocycles. The number of amides is 1. The highest BCUT2D eigenvalue weighted by Crippen LogP contribution is 2.29. The molecule has 3 aromatic rings. The normalized spacial score (nSPS) is 10.9. The summed E-state index contributed by atoms with van der Waals surface area (Å²) in [7, 11) is 0. The number of rotatable bonds is 10. The van der Waals surface area contributed by atoms with Crippen molar-refractivity contribution in [1.29, 1.82) is 0 Å². The van der Waals surface area contributed by atoms with Gasteiger partial charge in [-0.25, -0.2) is 20.4 Å². The third kappa shape index (κ3) is 4.72. The molecular formula is C18H22ClN7O. The first kappa shape index (κ1) is 19.1. The molecule has 9 heteroatoms. The van der Waals surface area contributed by atoms with Crippen LogP contribution in [0.15, 0.2) is 30.6 Å². The molecule has 0 aliphatic heterocycles. The van der Waals surface area contributed by atoms with E-state index in [4.69, 9.17) is 11.6 Å². The number of hydrogen-bond donors (Lipinski definition) is 3. The molecule has 1 amide bonds. The highest BCUT2D eigenvalue weighted by atomic mass is 35.5. The number of hydrazine groups is 1. The van der Waals surface area contributed by atoms with Crippen LogP contribution in [0.5, 0.6) is 0 Å². The molecule has 0 fully saturated rings. The van der Waals surface area contributed by atoms with E-state index in [0.717, 1.165) is 24.9 Å². The molecule has 0 spiro atoms. The first-order valence-corrected chi connectivity index (χ1v) is 9.30. The van der Waals surface area contributed by atoms with Crippen LogP contribution in [-0.4, -0.2) is 33.1 Å². The predicted molar refractivity (Wildman–Crippen MR) is 107 cm³/mol.